The highest BCUT2D eigenvalue weighted by molar-refractivity contribution is 5.99. The van der Waals surface area contributed by atoms with Crippen molar-refractivity contribution >= 4 is 34.3 Å². The first-order valence-corrected chi connectivity index (χ1v) is 17.7. The minimum atomic E-state index is -0.472. The van der Waals surface area contributed by atoms with E-state index in [0.29, 0.717) is 44.6 Å². The Labute approximate surface area is 297 Å². The zero-order valence-electron chi connectivity index (χ0n) is 28.8. The van der Waals surface area contributed by atoms with E-state index in [2.05, 4.69) is 57.5 Å². The Hall–Kier alpha value is -5.96. The maximum Gasteiger partial charge on any atom is 0.247 e. The number of hydrogen-bond acceptors (Lipinski definition) is 4. The fourth-order valence-corrected chi connectivity index (χ4v) is 6.85. The quantitative estimate of drug-likeness (QED) is 0.125. The van der Waals surface area contributed by atoms with Crippen molar-refractivity contribution < 1.29 is 14.4 Å². The van der Waals surface area contributed by atoms with Gasteiger partial charge < -0.3 is 25.1 Å². The monoisotopic (exact) mass is 678 g/mol. The van der Waals surface area contributed by atoms with Gasteiger partial charge in [0.05, 0.1) is 31.3 Å². The number of rotatable bonds is 12. The molecule has 3 amide bonds. The number of amides is 3. The zero-order chi connectivity index (χ0) is 35.2. The highest BCUT2D eigenvalue weighted by Crippen LogP contribution is 2.29. The van der Waals surface area contributed by atoms with Crippen molar-refractivity contribution in [2.75, 3.05) is 18.4 Å². The molecule has 4 aromatic carbocycles. The SMILES string of the molecule is CCCN(Cc1ncc(-c2ccc(-c3cc4cc(NC(=O)[C@@H]5CCCN5C(=O)Cc5ccccc5)ccc4[nH]3)cc2)[nH]1)C(=O)Cc1ccccc1. The van der Waals surface area contributed by atoms with Crippen LogP contribution in [0, 0.1) is 0 Å². The molecule has 7 rings (SSSR count). The molecule has 9 heteroatoms. The Morgan fingerprint density at radius 3 is 2.22 bits per heavy atom. The zero-order valence-corrected chi connectivity index (χ0v) is 28.8. The van der Waals surface area contributed by atoms with Gasteiger partial charge in [-0.25, -0.2) is 4.98 Å². The molecular formula is C42H42N6O3. The number of carbonyl (C=O) groups excluding carboxylic acids is 3. The lowest BCUT2D eigenvalue weighted by Gasteiger charge is -2.24. The van der Waals surface area contributed by atoms with Gasteiger partial charge in [0.25, 0.3) is 0 Å². The summed E-state index contributed by atoms with van der Waals surface area (Å²) in [5.74, 6) is 0.665. The molecule has 2 aromatic heterocycles. The van der Waals surface area contributed by atoms with Crippen LogP contribution < -0.4 is 5.32 Å². The summed E-state index contributed by atoms with van der Waals surface area (Å²) >= 11 is 0. The van der Waals surface area contributed by atoms with Crippen molar-refractivity contribution in [3.05, 3.63) is 132 Å². The van der Waals surface area contributed by atoms with E-state index in [0.717, 1.165) is 63.2 Å². The third-order valence-corrected chi connectivity index (χ3v) is 9.48. The van der Waals surface area contributed by atoms with Gasteiger partial charge in [-0.15, -0.1) is 0 Å². The molecule has 0 bridgehead atoms. The minimum absolute atomic E-state index is 0.0202. The Bertz CT molecular complexity index is 2120. The van der Waals surface area contributed by atoms with Gasteiger partial charge >= 0.3 is 0 Å². The molecule has 1 aliphatic heterocycles. The number of H-pyrrole nitrogens is 2. The second-order valence-corrected chi connectivity index (χ2v) is 13.2. The number of nitrogens with one attached hydrogen (secondary N) is 3. The molecule has 1 saturated heterocycles. The minimum Gasteiger partial charge on any atom is -0.355 e. The molecule has 3 N–H and O–H groups in total. The fourth-order valence-electron chi connectivity index (χ4n) is 6.85. The van der Waals surface area contributed by atoms with E-state index in [4.69, 9.17) is 0 Å². The Kier molecular flexibility index (Phi) is 10.1. The maximum atomic E-state index is 13.3. The lowest BCUT2D eigenvalue weighted by molar-refractivity contribution is -0.136. The molecule has 6 aromatic rings. The second-order valence-electron chi connectivity index (χ2n) is 13.2. The summed E-state index contributed by atoms with van der Waals surface area (Å²) in [5, 5.41) is 4.04. The molecule has 0 radical (unpaired) electrons. The number of anilines is 1. The van der Waals surface area contributed by atoms with E-state index >= 15 is 0 Å². The van der Waals surface area contributed by atoms with Crippen molar-refractivity contribution in [1.29, 1.82) is 0 Å². The number of aromatic nitrogens is 3. The molecule has 258 valence electrons. The van der Waals surface area contributed by atoms with E-state index in [1.54, 1.807) is 4.90 Å². The first kappa shape index (κ1) is 33.5. The lowest BCUT2D eigenvalue weighted by atomic mass is 10.1. The number of imidazole rings is 1. The number of fused-ring (bicyclic) bond motifs is 1. The standard InChI is InChI=1S/C42H42N6O3/c1-2-21-47(40(49)23-29-10-5-3-6-11-29)28-39-43-27-37(46-39)32-17-15-31(16-18-32)36-26-33-25-34(19-20-35(33)45-36)44-42(51)38-14-9-22-48(38)41(50)24-30-12-7-4-8-13-30/h3-8,10-13,15-20,25-27,38,45H,2,9,14,21-24,28H2,1H3,(H,43,46)(H,44,51)/t38-/m0/s1. The average molecular weight is 679 g/mol. The number of benzene rings is 4. The Morgan fingerprint density at radius 2 is 1.51 bits per heavy atom. The largest absolute Gasteiger partial charge is 0.355 e. The van der Waals surface area contributed by atoms with Gasteiger partial charge in [0.1, 0.15) is 11.9 Å². The summed E-state index contributed by atoms with van der Waals surface area (Å²) in [5.41, 5.74) is 7.50. The summed E-state index contributed by atoms with van der Waals surface area (Å²) in [6.45, 7) is 3.77. The van der Waals surface area contributed by atoms with Gasteiger partial charge in [-0.3, -0.25) is 14.4 Å². The van der Waals surface area contributed by atoms with Crippen LogP contribution in [0.3, 0.4) is 0 Å². The number of likely N-dealkylation sites (tertiary alicyclic amines) is 1. The van der Waals surface area contributed by atoms with Crippen LogP contribution in [0.4, 0.5) is 5.69 Å². The van der Waals surface area contributed by atoms with E-state index in [-0.39, 0.29) is 17.7 Å². The summed E-state index contributed by atoms with van der Waals surface area (Å²) in [4.78, 5) is 54.5. The predicted molar refractivity (Wildman–Crippen MR) is 201 cm³/mol. The van der Waals surface area contributed by atoms with Gasteiger partial charge in [0, 0.05) is 35.4 Å². The van der Waals surface area contributed by atoms with Crippen molar-refractivity contribution in [2.24, 2.45) is 0 Å². The van der Waals surface area contributed by atoms with Crippen LogP contribution in [0.15, 0.2) is 115 Å². The highest BCUT2D eigenvalue weighted by atomic mass is 16.2. The highest BCUT2D eigenvalue weighted by Gasteiger charge is 2.34. The Morgan fingerprint density at radius 1 is 0.824 bits per heavy atom. The molecule has 0 unspecified atom stereocenters. The third kappa shape index (κ3) is 7.94. The topological polar surface area (TPSA) is 114 Å². The summed E-state index contributed by atoms with van der Waals surface area (Å²) in [7, 11) is 0. The number of carbonyl (C=O) groups is 3. The molecule has 3 heterocycles. The van der Waals surface area contributed by atoms with Crippen LogP contribution in [-0.2, 0) is 33.8 Å². The van der Waals surface area contributed by atoms with Crippen molar-refractivity contribution in [1.82, 2.24) is 24.8 Å². The average Bonchev–Trinajstić information content (AvgIpc) is 3.93. The van der Waals surface area contributed by atoms with Crippen LogP contribution in [0.25, 0.3) is 33.4 Å². The van der Waals surface area contributed by atoms with E-state index in [1.165, 1.54) is 0 Å². The van der Waals surface area contributed by atoms with Gasteiger partial charge in [-0.05, 0) is 65.8 Å². The normalized spacial score (nSPS) is 14.1. The van der Waals surface area contributed by atoms with E-state index in [1.807, 2.05) is 90.0 Å². The van der Waals surface area contributed by atoms with Gasteiger partial charge in [-0.1, -0.05) is 91.9 Å². The molecule has 0 spiro atoms. The van der Waals surface area contributed by atoms with Crippen LogP contribution >= 0.6 is 0 Å². The van der Waals surface area contributed by atoms with Gasteiger partial charge in [0.2, 0.25) is 17.7 Å². The molecule has 0 aliphatic carbocycles. The van der Waals surface area contributed by atoms with Crippen LogP contribution in [-0.4, -0.2) is 61.6 Å². The van der Waals surface area contributed by atoms with Crippen LogP contribution in [0.2, 0.25) is 0 Å². The van der Waals surface area contributed by atoms with Crippen molar-refractivity contribution in [3.8, 4) is 22.5 Å². The van der Waals surface area contributed by atoms with E-state index < -0.39 is 6.04 Å². The first-order chi connectivity index (χ1) is 24.9. The molecular weight excluding hydrogens is 637 g/mol. The number of aromatic amines is 2. The maximum absolute atomic E-state index is 13.3. The molecule has 1 aliphatic rings. The first-order valence-electron chi connectivity index (χ1n) is 17.7. The summed E-state index contributed by atoms with van der Waals surface area (Å²) in [6, 6.07) is 35.2. The second kappa shape index (κ2) is 15.3. The van der Waals surface area contributed by atoms with Crippen LogP contribution in [0.1, 0.15) is 43.1 Å². The lowest BCUT2D eigenvalue weighted by Crippen LogP contribution is -2.43. The molecule has 0 saturated carbocycles. The number of nitrogens with zero attached hydrogens (tertiary/aromatic N) is 3. The van der Waals surface area contributed by atoms with Gasteiger partial charge in [-0.2, -0.15) is 0 Å². The summed E-state index contributed by atoms with van der Waals surface area (Å²) in [6.07, 6.45) is 4.82. The van der Waals surface area contributed by atoms with E-state index in [9.17, 15) is 14.4 Å². The van der Waals surface area contributed by atoms with Gasteiger partial charge in [0.15, 0.2) is 0 Å². The van der Waals surface area contributed by atoms with Crippen molar-refractivity contribution in [3.63, 3.8) is 0 Å². The Balaban J connectivity index is 0.984. The fraction of sp³-hybridized carbons (Fsp3) is 0.238. The molecule has 1 fully saturated rings. The van der Waals surface area contributed by atoms with Crippen molar-refractivity contribution in [2.45, 2.75) is 51.6 Å². The molecule has 51 heavy (non-hydrogen) atoms. The van der Waals surface area contributed by atoms with Crippen LogP contribution in [0.5, 0.6) is 0 Å². The third-order valence-electron chi connectivity index (χ3n) is 9.48. The predicted octanol–water partition coefficient (Wildman–Crippen LogP) is 7.38. The number of hydrogen-bond donors (Lipinski definition) is 3. The smallest absolute Gasteiger partial charge is 0.247 e. The molecule has 1 atom stereocenters. The summed E-state index contributed by atoms with van der Waals surface area (Å²) < 4.78 is 0. The molecule has 9 nitrogen and oxygen atoms in total.